The normalized spacial score (nSPS) is 10.5. The van der Waals surface area contributed by atoms with Crippen molar-refractivity contribution >= 4 is 21.9 Å². The highest BCUT2D eigenvalue weighted by Gasteiger charge is 2.15. The van der Waals surface area contributed by atoms with Crippen LogP contribution in [0.1, 0.15) is 21.7 Å². The molecule has 5 nitrogen and oxygen atoms in total. The van der Waals surface area contributed by atoms with Gasteiger partial charge in [-0.1, -0.05) is 0 Å². The summed E-state index contributed by atoms with van der Waals surface area (Å²) >= 11 is 3.21. The van der Waals surface area contributed by atoms with E-state index in [9.17, 15) is 4.79 Å². The maximum Gasteiger partial charge on any atom is 0.339 e. The molecule has 0 bridgehead atoms. The number of halogens is 1. The number of aromatic carboxylic acids is 1. The first-order chi connectivity index (χ1) is 8.00. The maximum absolute atomic E-state index is 11.2. The van der Waals surface area contributed by atoms with Crippen molar-refractivity contribution in [3.05, 3.63) is 40.0 Å². The Morgan fingerprint density at radius 1 is 1.41 bits per heavy atom. The number of hydrogen-bond donors (Lipinski definition) is 1. The smallest absolute Gasteiger partial charge is 0.339 e. The fraction of sp³-hybridized carbons (Fsp3) is 0.182. The van der Waals surface area contributed by atoms with Crippen LogP contribution in [0.4, 0.5) is 0 Å². The molecule has 2 aromatic rings. The van der Waals surface area contributed by atoms with Crippen LogP contribution in [-0.2, 0) is 0 Å². The van der Waals surface area contributed by atoms with Crippen LogP contribution in [-0.4, -0.2) is 25.6 Å². The highest BCUT2D eigenvalue weighted by molar-refractivity contribution is 9.10. The molecular weight excluding hydrogens is 286 g/mol. The fourth-order valence-electron chi connectivity index (χ4n) is 1.49. The molecule has 0 spiro atoms. The summed E-state index contributed by atoms with van der Waals surface area (Å²) in [5.74, 6) is -0.640. The van der Waals surface area contributed by atoms with Gasteiger partial charge in [-0.3, -0.25) is 4.57 Å². The topological polar surface area (TPSA) is 68.0 Å². The maximum atomic E-state index is 11.2. The van der Waals surface area contributed by atoms with Crippen molar-refractivity contribution in [2.45, 2.75) is 13.8 Å². The molecule has 0 fully saturated rings. The highest BCUT2D eigenvalue weighted by Crippen LogP contribution is 2.19. The first kappa shape index (κ1) is 11.8. The first-order valence-corrected chi connectivity index (χ1v) is 5.69. The van der Waals surface area contributed by atoms with Gasteiger partial charge >= 0.3 is 5.97 Å². The summed E-state index contributed by atoms with van der Waals surface area (Å²) < 4.78 is 2.30. The monoisotopic (exact) mass is 295 g/mol. The van der Waals surface area contributed by atoms with Crippen LogP contribution in [0.2, 0.25) is 0 Å². The Bertz CT molecular complexity index is 592. The Morgan fingerprint density at radius 3 is 2.65 bits per heavy atom. The quantitative estimate of drug-likeness (QED) is 0.923. The Balaban J connectivity index is 2.67. The lowest BCUT2D eigenvalue weighted by atomic mass is 10.2. The molecule has 0 unspecified atom stereocenters. The summed E-state index contributed by atoms with van der Waals surface area (Å²) in [6, 6.07) is 1.53. The molecular formula is C11H10BrN3O2. The van der Waals surface area contributed by atoms with Crippen LogP contribution in [0.15, 0.2) is 23.1 Å². The lowest BCUT2D eigenvalue weighted by molar-refractivity contribution is 0.0696. The number of carbonyl (C=O) groups is 1. The number of aromatic nitrogens is 3. The van der Waals surface area contributed by atoms with E-state index in [1.165, 1.54) is 6.07 Å². The zero-order valence-electron chi connectivity index (χ0n) is 9.31. The van der Waals surface area contributed by atoms with E-state index in [2.05, 4.69) is 25.9 Å². The second-order valence-corrected chi connectivity index (χ2v) is 4.53. The van der Waals surface area contributed by atoms with Crippen molar-refractivity contribution < 1.29 is 9.90 Å². The minimum Gasteiger partial charge on any atom is -0.478 e. The Morgan fingerprint density at radius 2 is 2.12 bits per heavy atom. The van der Waals surface area contributed by atoms with Crippen molar-refractivity contribution in [3.63, 3.8) is 0 Å². The van der Waals surface area contributed by atoms with Gasteiger partial charge in [-0.25, -0.2) is 14.8 Å². The van der Waals surface area contributed by atoms with Crippen molar-refractivity contribution in [1.82, 2.24) is 14.5 Å². The van der Waals surface area contributed by atoms with Crippen LogP contribution in [0, 0.1) is 13.8 Å². The largest absolute Gasteiger partial charge is 0.478 e. The van der Waals surface area contributed by atoms with Gasteiger partial charge in [-0.05, 0) is 35.8 Å². The predicted molar refractivity (Wildman–Crippen MR) is 65.5 cm³/mol. The molecule has 2 rings (SSSR count). The standard InChI is InChI=1S/C11H10BrN3O2/c1-6-7(2)15(5-14-6)10-9(11(16)17)3-8(12)4-13-10/h3-5H,1-2H3,(H,16,17). The van der Waals surface area contributed by atoms with E-state index in [0.29, 0.717) is 10.3 Å². The van der Waals surface area contributed by atoms with E-state index in [1.54, 1.807) is 17.1 Å². The third kappa shape index (κ3) is 2.08. The summed E-state index contributed by atoms with van der Waals surface area (Å²) in [5, 5.41) is 9.15. The number of carboxylic acids is 1. The zero-order chi connectivity index (χ0) is 12.6. The van der Waals surface area contributed by atoms with Gasteiger partial charge in [0.25, 0.3) is 0 Å². The van der Waals surface area contributed by atoms with Gasteiger partial charge in [0.15, 0.2) is 5.82 Å². The zero-order valence-corrected chi connectivity index (χ0v) is 10.9. The molecule has 2 aromatic heterocycles. The first-order valence-electron chi connectivity index (χ1n) is 4.90. The molecule has 0 aliphatic carbocycles. The average molecular weight is 296 g/mol. The van der Waals surface area contributed by atoms with Gasteiger partial charge in [-0.2, -0.15) is 0 Å². The second-order valence-electron chi connectivity index (χ2n) is 3.62. The minimum absolute atomic E-state index is 0.139. The van der Waals surface area contributed by atoms with E-state index >= 15 is 0 Å². The van der Waals surface area contributed by atoms with Gasteiger partial charge < -0.3 is 5.11 Å². The molecule has 0 radical (unpaired) electrons. The van der Waals surface area contributed by atoms with E-state index in [-0.39, 0.29) is 5.56 Å². The summed E-state index contributed by atoms with van der Waals surface area (Å²) in [6.07, 6.45) is 3.14. The Labute approximate surface area is 106 Å². The molecule has 0 aromatic carbocycles. The Hall–Kier alpha value is -1.69. The predicted octanol–water partition coefficient (Wildman–Crippen LogP) is 2.34. The SMILES string of the molecule is Cc1ncn(-c2ncc(Br)cc2C(=O)O)c1C. The lowest BCUT2D eigenvalue weighted by Crippen LogP contribution is -2.08. The number of rotatable bonds is 2. The van der Waals surface area contributed by atoms with E-state index in [0.717, 1.165) is 11.4 Å². The molecule has 0 atom stereocenters. The van der Waals surface area contributed by atoms with E-state index in [1.807, 2.05) is 13.8 Å². The minimum atomic E-state index is -1.01. The number of hydrogen-bond acceptors (Lipinski definition) is 3. The number of aryl methyl sites for hydroxylation is 1. The van der Waals surface area contributed by atoms with Crippen LogP contribution in [0.3, 0.4) is 0 Å². The Kier molecular flexibility index (Phi) is 2.97. The summed E-state index contributed by atoms with van der Waals surface area (Å²) in [5.41, 5.74) is 1.87. The van der Waals surface area contributed by atoms with Crippen molar-refractivity contribution in [3.8, 4) is 5.82 Å². The summed E-state index contributed by atoms with van der Waals surface area (Å²) in [4.78, 5) is 19.4. The van der Waals surface area contributed by atoms with Crippen LogP contribution >= 0.6 is 15.9 Å². The van der Waals surface area contributed by atoms with E-state index < -0.39 is 5.97 Å². The van der Waals surface area contributed by atoms with Gasteiger partial charge in [0.2, 0.25) is 0 Å². The van der Waals surface area contributed by atoms with Crippen LogP contribution < -0.4 is 0 Å². The van der Waals surface area contributed by atoms with E-state index in [4.69, 9.17) is 5.11 Å². The van der Waals surface area contributed by atoms with Gasteiger partial charge in [0, 0.05) is 16.4 Å². The van der Waals surface area contributed by atoms with Crippen molar-refractivity contribution in [1.29, 1.82) is 0 Å². The molecule has 0 saturated heterocycles. The third-order valence-electron chi connectivity index (χ3n) is 2.54. The van der Waals surface area contributed by atoms with Crippen molar-refractivity contribution in [2.24, 2.45) is 0 Å². The average Bonchev–Trinajstić information content (AvgIpc) is 2.60. The fourth-order valence-corrected chi connectivity index (χ4v) is 1.82. The molecule has 88 valence electrons. The molecule has 0 aliphatic rings. The third-order valence-corrected chi connectivity index (χ3v) is 2.98. The second kappa shape index (κ2) is 4.29. The molecule has 0 saturated carbocycles. The van der Waals surface area contributed by atoms with Gasteiger partial charge in [-0.15, -0.1) is 0 Å². The summed E-state index contributed by atoms with van der Waals surface area (Å²) in [6.45, 7) is 3.74. The number of imidazole rings is 1. The van der Waals surface area contributed by atoms with Crippen LogP contribution in [0.25, 0.3) is 5.82 Å². The van der Waals surface area contributed by atoms with Crippen LogP contribution in [0.5, 0.6) is 0 Å². The highest BCUT2D eigenvalue weighted by atomic mass is 79.9. The molecule has 6 heteroatoms. The lowest BCUT2D eigenvalue weighted by Gasteiger charge is -2.08. The van der Waals surface area contributed by atoms with Gasteiger partial charge in [0.1, 0.15) is 11.9 Å². The van der Waals surface area contributed by atoms with Gasteiger partial charge in [0.05, 0.1) is 5.69 Å². The molecule has 17 heavy (non-hydrogen) atoms. The van der Waals surface area contributed by atoms with Crippen molar-refractivity contribution in [2.75, 3.05) is 0 Å². The number of pyridine rings is 1. The summed E-state index contributed by atoms with van der Waals surface area (Å²) in [7, 11) is 0. The molecule has 1 N–H and O–H groups in total. The number of nitrogens with zero attached hydrogens (tertiary/aromatic N) is 3. The molecule has 0 amide bonds. The molecule has 0 aliphatic heterocycles. The molecule has 2 heterocycles. The number of carboxylic acid groups (broad SMARTS) is 1.